The highest BCUT2D eigenvalue weighted by Gasteiger charge is 2.29. The molecule has 168 valence electrons. The Bertz CT molecular complexity index is 980. The van der Waals surface area contributed by atoms with E-state index in [9.17, 15) is 13.2 Å². The van der Waals surface area contributed by atoms with Crippen molar-refractivity contribution in [3.63, 3.8) is 0 Å². The number of hydrogen-bond acceptors (Lipinski definition) is 5. The molecule has 1 aliphatic rings. The van der Waals surface area contributed by atoms with Crippen molar-refractivity contribution < 1.29 is 17.9 Å². The topological polar surface area (TPSA) is 81.5 Å². The second kappa shape index (κ2) is 10.7. The van der Waals surface area contributed by atoms with E-state index < -0.39 is 9.84 Å². The summed E-state index contributed by atoms with van der Waals surface area (Å²) in [6, 6.07) is 9.05. The normalized spacial score (nSPS) is 14.6. The smallest absolute Gasteiger partial charge is 0.228 e. The van der Waals surface area contributed by atoms with E-state index in [0.29, 0.717) is 37.5 Å². The van der Waals surface area contributed by atoms with Gasteiger partial charge < -0.3 is 14.2 Å². The van der Waals surface area contributed by atoms with E-state index in [2.05, 4.69) is 11.6 Å². The Hall–Kier alpha value is -2.45. The second-order valence-electron chi connectivity index (χ2n) is 7.91. The molecule has 0 atom stereocenters. The van der Waals surface area contributed by atoms with Crippen molar-refractivity contribution in [2.24, 2.45) is 5.92 Å². The number of rotatable bonds is 11. The monoisotopic (exact) mass is 445 g/mol. The van der Waals surface area contributed by atoms with Crippen LogP contribution in [0.5, 0.6) is 0 Å². The number of ether oxygens (including phenoxy) is 1. The van der Waals surface area contributed by atoms with Crippen LogP contribution >= 0.6 is 0 Å². The standard InChI is InChI=1S/C23H31N3O4S/c1-3-13-25(22(27)20-11-7-8-12-20)17-21-16-24-23(26(21)14-15-30-2)31(28,29)18-19-9-5-4-6-10-19/h3-6,9-10,16,20H,1,7-8,11-15,17-18H2,2H3. The predicted molar refractivity (Wildman–Crippen MR) is 119 cm³/mol. The van der Waals surface area contributed by atoms with Crippen LogP contribution in [0, 0.1) is 5.92 Å². The molecule has 0 bridgehead atoms. The highest BCUT2D eigenvalue weighted by Crippen LogP contribution is 2.27. The van der Waals surface area contributed by atoms with Crippen LogP contribution in [0.4, 0.5) is 0 Å². The molecule has 0 radical (unpaired) electrons. The highest BCUT2D eigenvalue weighted by atomic mass is 32.2. The molecule has 0 unspecified atom stereocenters. The molecular weight excluding hydrogens is 414 g/mol. The zero-order chi connectivity index (χ0) is 22.3. The minimum Gasteiger partial charge on any atom is -0.383 e. The Morgan fingerprint density at radius 3 is 2.65 bits per heavy atom. The third-order valence-corrected chi connectivity index (χ3v) is 7.21. The van der Waals surface area contributed by atoms with Gasteiger partial charge in [0.05, 0.1) is 30.8 Å². The Morgan fingerprint density at radius 2 is 2.00 bits per heavy atom. The van der Waals surface area contributed by atoms with Crippen LogP contribution in [0.1, 0.15) is 36.9 Å². The number of carbonyl (C=O) groups excluding carboxylic acids is 1. The SMILES string of the molecule is C=CCN(Cc1cnc(S(=O)(=O)Cc2ccccc2)n1CCOC)C(=O)C1CCCC1. The first kappa shape index (κ1) is 23.2. The van der Waals surface area contributed by atoms with E-state index in [1.54, 1.807) is 41.0 Å². The summed E-state index contributed by atoms with van der Waals surface area (Å²) in [5.41, 5.74) is 1.38. The molecule has 31 heavy (non-hydrogen) atoms. The molecule has 1 fully saturated rings. The number of imidazole rings is 1. The number of methoxy groups -OCH3 is 1. The molecule has 0 aliphatic heterocycles. The fourth-order valence-corrected chi connectivity index (χ4v) is 5.58. The van der Waals surface area contributed by atoms with Crippen molar-refractivity contribution in [3.05, 3.63) is 60.4 Å². The molecule has 8 heteroatoms. The number of sulfone groups is 1. The van der Waals surface area contributed by atoms with E-state index in [1.807, 2.05) is 18.2 Å². The lowest BCUT2D eigenvalue weighted by Crippen LogP contribution is -2.35. The summed E-state index contributed by atoms with van der Waals surface area (Å²) >= 11 is 0. The number of carbonyl (C=O) groups is 1. The second-order valence-corrected chi connectivity index (χ2v) is 9.79. The number of aromatic nitrogens is 2. The van der Waals surface area contributed by atoms with Crippen LogP contribution < -0.4 is 0 Å². The summed E-state index contributed by atoms with van der Waals surface area (Å²) in [6.07, 6.45) is 7.23. The zero-order valence-corrected chi connectivity index (χ0v) is 18.9. The van der Waals surface area contributed by atoms with E-state index in [4.69, 9.17) is 4.74 Å². The van der Waals surface area contributed by atoms with Gasteiger partial charge in [-0.15, -0.1) is 6.58 Å². The quantitative estimate of drug-likeness (QED) is 0.496. The van der Waals surface area contributed by atoms with Crippen molar-refractivity contribution in [2.75, 3.05) is 20.3 Å². The van der Waals surface area contributed by atoms with Gasteiger partial charge in [0.25, 0.3) is 0 Å². The number of amides is 1. The van der Waals surface area contributed by atoms with Gasteiger partial charge in [0.1, 0.15) is 0 Å². The van der Waals surface area contributed by atoms with Gasteiger partial charge in [0.15, 0.2) is 0 Å². The Labute approximate surface area is 184 Å². The molecule has 2 aromatic rings. The van der Waals surface area contributed by atoms with Crippen LogP contribution in [0.2, 0.25) is 0 Å². The lowest BCUT2D eigenvalue weighted by Gasteiger charge is -2.25. The molecule has 1 aliphatic carbocycles. The number of benzene rings is 1. The van der Waals surface area contributed by atoms with Crippen molar-refractivity contribution in [2.45, 2.75) is 49.7 Å². The molecule has 0 saturated heterocycles. The van der Waals surface area contributed by atoms with Gasteiger partial charge in [-0.1, -0.05) is 49.2 Å². The molecule has 1 saturated carbocycles. The van der Waals surface area contributed by atoms with E-state index in [0.717, 1.165) is 25.7 Å². The van der Waals surface area contributed by atoms with Crippen LogP contribution in [-0.2, 0) is 38.2 Å². The summed E-state index contributed by atoms with van der Waals surface area (Å²) in [7, 11) is -2.09. The average molecular weight is 446 g/mol. The van der Waals surface area contributed by atoms with Crippen molar-refractivity contribution >= 4 is 15.7 Å². The zero-order valence-electron chi connectivity index (χ0n) is 18.1. The van der Waals surface area contributed by atoms with Gasteiger partial charge in [-0.3, -0.25) is 4.79 Å². The lowest BCUT2D eigenvalue weighted by atomic mass is 10.1. The number of hydrogen-bond donors (Lipinski definition) is 0. The van der Waals surface area contributed by atoms with Crippen molar-refractivity contribution in [3.8, 4) is 0 Å². The van der Waals surface area contributed by atoms with Crippen molar-refractivity contribution in [1.29, 1.82) is 0 Å². The first-order chi connectivity index (χ1) is 15.0. The fourth-order valence-electron chi connectivity index (χ4n) is 4.06. The molecule has 7 nitrogen and oxygen atoms in total. The van der Waals surface area contributed by atoms with E-state index in [1.165, 1.54) is 0 Å². The average Bonchev–Trinajstić information content (AvgIpc) is 3.42. The van der Waals surface area contributed by atoms with Crippen LogP contribution in [0.15, 0.2) is 54.3 Å². The van der Waals surface area contributed by atoms with Gasteiger partial charge >= 0.3 is 0 Å². The molecule has 0 spiro atoms. The maximum atomic E-state index is 13.1. The summed E-state index contributed by atoms with van der Waals surface area (Å²) in [4.78, 5) is 19.0. The maximum Gasteiger partial charge on any atom is 0.228 e. The maximum absolute atomic E-state index is 13.1. The van der Waals surface area contributed by atoms with Gasteiger partial charge in [-0.2, -0.15) is 0 Å². The van der Waals surface area contributed by atoms with Crippen LogP contribution in [0.3, 0.4) is 0 Å². The predicted octanol–water partition coefficient (Wildman–Crippen LogP) is 3.21. The largest absolute Gasteiger partial charge is 0.383 e. The Kier molecular flexibility index (Phi) is 8.03. The molecule has 3 rings (SSSR count). The minimum absolute atomic E-state index is 0.00951. The first-order valence-electron chi connectivity index (χ1n) is 10.7. The molecule has 0 N–H and O–H groups in total. The molecule has 1 amide bonds. The van der Waals surface area contributed by atoms with E-state index in [-0.39, 0.29) is 22.7 Å². The van der Waals surface area contributed by atoms with Crippen molar-refractivity contribution in [1.82, 2.24) is 14.5 Å². The molecule has 1 aromatic carbocycles. The Morgan fingerprint density at radius 1 is 1.29 bits per heavy atom. The number of nitrogens with zero attached hydrogens (tertiary/aromatic N) is 3. The third-order valence-electron chi connectivity index (χ3n) is 5.62. The lowest BCUT2D eigenvalue weighted by molar-refractivity contribution is -0.135. The summed E-state index contributed by atoms with van der Waals surface area (Å²) in [5, 5.41) is 0.00951. The van der Waals surface area contributed by atoms with Gasteiger partial charge in [-0.25, -0.2) is 13.4 Å². The minimum atomic E-state index is -3.66. The molecule has 1 aromatic heterocycles. The van der Waals surface area contributed by atoms with Crippen LogP contribution in [-0.4, -0.2) is 49.0 Å². The summed E-state index contributed by atoms with van der Waals surface area (Å²) < 4.78 is 33.1. The van der Waals surface area contributed by atoms with Crippen LogP contribution in [0.25, 0.3) is 0 Å². The van der Waals surface area contributed by atoms with Gasteiger partial charge in [0.2, 0.25) is 20.9 Å². The summed E-state index contributed by atoms with van der Waals surface area (Å²) in [5.74, 6) is 0.0106. The third kappa shape index (κ3) is 5.83. The molecular formula is C23H31N3O4S. The fraction of sp³-hybridized carbons (Fsp3) is 0.478. The first-order valence-corrected chi connectivity index (χ1v) is 12.3. The van der Waals surface area contributed by atoms with Gasteiger partial charge in [0, 0.05) is 26.1 Å². The van der Waals surface area contributed by atoms with E-state index >= 15 is 0 Å². The highest BCUT2D eigenvalue weighted by molar-refractivity contribution is 7.90. The van der Waals surface area contributed by atoms with Gasteiger partial charge in [-0.05, 0) is 18.4 Å². The molecule has 1 heterocycles. The summed E-state index contributed by atoms with van der Waals surface area (Å²) in [6.45, 7) is 5.17. The Balaban J connectivity index is 1.88.